The molecule has 1 N–H and O–H groups in total. The van der Waals surface area contributed by atoms with Gasteiger partial charge in [-0.2, -0.15) is 0 Å². The first-order valence-corrected chi connectivity index (χ1v) is 7.39. The molecule has 2 rings (SSSR count). The number of hydrogen-bond donors (Lipinski definition) is 1. The van der Waals surface area contributed by atoms with E-state index in [9.17, 15) is 10.1 Å². The largest absolute Gasteiger partial charge is 0.366 e. The van der Waals surface area contributed by atoms with E-state index in [-0.39, 0.29) is 10.6 Å². The second-order valence-electron chi connectivity index (χ2n) is 5.14. The number of hydrogen-bond acceptors (Lipinski definition) is 4. The van der Waals surface area contributed by atoms with Crippen LogP contribution in [-0.2, 0) is 0 Å². The minimum atomic E-state index is -0.340. The number of benzene rings is 1. The lowest BCUT2D eigenvalue weighted by atomic mass is 9.98. The van der Waals surface area contributed by atoms with E-state index < -0.39 is 0 Å². The summed E-state index contributed by atoms with van der Waals surface area (Å²) in [5, 5.41) is 15.1. The minimum Gasteiger partial charge on any atom is -0.366 e. The SMILES string of the molecule is CCN(CC1CCCNC1)c1cc(Cl)ccc1[N+](=O)[O-]. The average Bonchev–Trinajstić information content (AvgIpc) is 2.45. The van der Waals surface area contributed by atoms with Crippen molar-refractivity contribution < 1.29 is 4.92 Å². The molecule has 0 saturated carbocycles. The second-order valence-corrected chi connectivity index (χ2v) is 5.58. The summed E-state index contributed by atoms with van der Waals surface area (Å²) < 4.78 is 0. The highest BCUT2D eigenvalue weighted by Crippen LogP contribution is 2.32. The van der Waals surface area contributed by atoms with Gasteiger partial charge in [0, 0.05) is 24.2 Å². The van der Waals surface area contributed by atoms with Crippen LogP contribution in [0.2, 0.25) is 5.02 Å². The molecule has 0 bridgehead atoms. The standard InChI is InChI=1S/C14H20ClN3O2/c1-2-17(10-11-4-3-7-16-9-11)14-8-12(15)5-6-13(14)18(19)20/h5-6,8,11,16H,2-4,7,9-10H2,1H3. The molecule has 0 spiro atoms. The molecular weight excluding hydrogens is 278 g/mol. The van der Waals surface area contributed by atoms with Gasteiger partial charge in [0.05, 0.1) is 4.92 Å². The summed E-state index contributed by atoms with van der Waals surface area (Å²) >= 11 is 6.00. The lowest BCUT2D eigenvalue weighted by molar-refractivity contribution is -0.384. The first kappa shape index (κ1) is 15.1. The van der Waals surface area contributed by atoms with E-state index in [1.165, 1.54) is 12.5 Å². The highest BCUT2D eigenvalue weighted by molar-refractivity contribution is 6.31. The molecule has 0 aliphatic carbocycles. The summed E-state index contributed by atoms with van der Waals surface area (Å²) in [5.74, 6) is 0.530. The third-order valence-corrected chi connectivity index (χ3v) is 3.97. The van der Waals surface area contributed by atoms with Crippen molar-refractivity contribution in [3.05, 3.63) is 33.3 Å². The van der Waals surface area contributed by atoms with Crippen molar-refractivity contribution in [1.82, 2.24) is 5.32 Å². The first-order chi connectivity index (χ1) is 9.61. The minimum absolute atomic E-state index is 0.125. The zero-order valence-electron chi connectivity index (χ0n) is 11.6. The molecule has 1 aliphatic rings. The van der Waals surface area contributed by atoms with Gasteiger partial charge in [-0.15, -0.1) is 0 Å². The molecule has 1 heterocycles. The van der Waals surface area contributed by atoms with Gasteiger partial charge in [0.1, 0.15) is 5.69 Å². The van der Waals surface area contributed by atoms with Crippen molar-refractivity contribution in [2.24, 2.45) is 5.92 Å². The van der Waals surface area contributed by atoms with Crippen LogP contribution in [0.15, 0.2) is 18.2 Å². The predicted octanol–water partition coefficient (Wildman–Crippen LogP) is 3.07. The van der Waals surface area contributed by atoms with Crippen LogP contribution in [0.25, 0.3) is 0 Å². The molecule has 1 atom stereocenters. The maximum absolute atomic E-state index is 11.2. The summed E-state index contributed by atoms with van der Waals surface area (Å²) in [5.41, 5.74) is 0.746. The smallest absolute Gasteiger partial charge is 0.292 e. The van der Waals surface area contributed by atoms with E-state index >= 15 is 0 Å². The highest BCUT2D eigenvalue weighted by atomic mass is 35.5. The molecule has 0 radical (unpaired) electrons. The van der Waals surface area contributed by atoms with Gasteiger partial charge < -0.3 is 10.2 Å². The van der Waals surface area contributed by atoms with Gasteiger partial charge in [-0.1, -0.05) is 11.6 Å². The Morgan fingerprint density at radius 1 is 1.55 bits per heavy atom. The predicted molar refractivity (Wildman–Crippen MR) is 81.6 cm³/mol. The van der Waals surface area contributed by atoms with Gasteiger partial charge in [0.15, 0.2) is 0 Å². The third-order valence-electron chi connectivity index (χ3n) is 3.73. The van der Waals surface area contributed by atoms with Gasteiger partial charge in [0.2, 0.25) is 0 Å². The Balaban J connectivity index is 2.21. The number of rotatable bonds is 5. The van der Waals surface area contributed by atoms with E-state index in [0.717, 1.165) is 32.6 Å². The van der Waals surface area contributed by atoms with E-state index in [2.05, 4.69) is 10.2 Å². The van der Waals surface area contributed by atoms with Crippen molar-refractivity contribution in [3.8, 4) is 0 Å². The lowest BCUT2D eigenvalue weighted by Gasteiger charge is -2.30. The van der Waals surface area contributed by atoms with Gasteiger partial charge in [-0.05, 0) is 50.9 Å². The van der Waals surface area contributed by atoms with Crippen LogP contribution in [0.3, 0.4) is 0 Å². The summed E-state index contributed by atoms with van der Waals surface area (Å²) in [6.07, 6.45) is 2.33. The number of piperidine rings is 1. The Morgan fingerprint density at radius 2 is 2.35 bits per heavy atom. The van der Waals surface area contributed by atoms with E-state index in [0.29, 0.717) is 16.6 Å². The molecule has 1 aromatic rings. The number of halogens is 1. The average molecular weight is 298 g/mol. The lowest BCUT2D eigenvalue weighted by Crippen LogP contribution is -2.38. The van der Waals surface area contributed by atoms with Crippen LogP contribution < -0.4 is 10.2 Å². The molecule has 20 heavy (non-hydrogen) atoms. The number of nitrogens with one attached hydrogen (secondary N) is 1. The number of nitro benzene ring substituents is 1. The van der Waals surface area contributed by atoms with Crippen LogP contribution >= 0.6 is 11.6 Å². The molecule has 1 fully saturated rings. The molecule has 0 aromatic heterocycles. The fourth-order valence-corrected chi connectivity index (χ4v) is 2.86. The number of anilines is 1. The number of nitrogens with zero attached hydrogens (tertiary/aromatic N) is 2. The molecule has 1 aromatic carbocycles. The van der Waals surface area contributed by atoms with Crippen molar-refractivity contribution in [2.75, 3.05) is 31.1 Å². The van der Waals surface area contributed by atoms with Gasteiger partial charge >= 0.3 is 0 Å². The topological polar surface area (TPSA) is 58.4 Å². The zero-order valence-corrected chi connectivity index (χ0v) is 12.4. The molecule has 6 heteroatoms. The normalized spacial score (nSPS) is 18.8. The van der Waals surface area contributed by atoms with Gasteiger partial charge in [-0.3, -0.25) is 10.1 Å². The second kappa shape index (κ2) is 6.90. The van der Waals surface area contributed by atoms with Crippen LogP contribution in [0, 0.1) is 16.0 Å². The zero-order chi connectivity index (χ0) is 14.5. The van der Waals surface area contributed by atoms with Crippen molar-refractivity contribution >= 4 is 23.0 Å². The Bertz CT molecular complexity index is 475. The fourth-order valence-electron chi connectivity index (χ4n) is 2.69. The Morgan fingerprint density at radius 3 is 2.95 bits per heavy atom. The van der Waals surface area contributed by atoms with Crippen molar-refractivity contribution in [1.29, 1.82) is 0 Å². The quantitative estimate of drug-likeness (QED) is 0.670. The molecule has 1 saturated heterocycles. The first-order valence-electron chi connectivity index (χ1n) is 7.01. The van der Waals surface area contributed by atoms with E-state index in [4.69, 9.17) is 11.6 Å². The Kier molecular flexibility index (Phi) is 5.20. The maximum Gasteiger partial charge on any atom is 0.292 e. The monoisotopic (exact) mass is 297 g/mol. The fraction of sp³-hybridized carbons (Fsp3) is 0.571. The van der Waals surface area contributed by atoms with E-state index in [1.807, 2.05) is 6.92 Å². The summed E-state index contributed by atoms with van der Waals surface area (Å²) in [6.45, 7) is 5.62. The van der Waals surface area contributed by atoms with Crippen LogP contribution in [0.5, 0.6) is 0 Å². The van der Waals surface area contributed by atoms with Gasteiger partial charge in [-0.25, -0.2) is 0 Å². The van der Waals surface area contributed by atoms with Crippen LogP contribution in [0.1, 0.15) is 19.8 Å². The van der Waals surface area contributed by atoms with Crippen molar-refractivity contribution in [2.45, 2.75) is 19.8 Å². The van der Waals surface area contributed by atoms with Gasteiger partial charge in [0.25, 0.3) is 5.69 Å². The Hall–Kier alpha value is -1.33. The van der Waals surface area contributed by atoms with Crippen LogP contribution in [0.4, 0.5) is 11.4 Å². The molecule has 1 aliphatic heterocycles. The number of nitro groups is 1. The summed E-state index contributed by atoms with van der Waals surface area (Å²) in [6, 6.07) is 4.75. The molecule has 110 valence electrons. The van der Waals surface area contributed by atoms with E-state index in [1.54, 1.807) is 12.1 Å². The van der Waals surface area contributed by atoms with Crippen molar-refractivity contribution in [3.63, 3.8) is 0 Å². The molecule has 1 unspecified atom stereocenters. The third kappa shape index (κ3) is 3.61. The molecule has 5 nitrogen and oxygen atoms in total. The van der Waals surface area contributed by atoms with Crippen LogP contribution in [-0.4, -0.2) is 31.1 Å². The summed E-state index contributed by atoms with van der Waals surface area (Å²) in [4.78, 5) is 12.9. The maximum atomic E-state index is 11.2. The highest BCUT2D eigenvalue weighted by Gasteiger charge is 2.22. The molecular formula is C14H20ClN3O2. The summed E-state index contributed by atoms with van der Waals surface area (Å²) in [7, 11) is 0. The Labute approximate surface area is 124 Å². The molecule has 0 amide bonds.